The molecule has 4 nitrogen and oxygen atoms in total. The SMILES string of the molecule is Cc1c(C(F)(F)F)n[nH]c1CN1CCC(c2ccc(O)cc2)CC1. The van der Waals surface area contributed by atoms with Crippen molar-refractivity contribution in [2.75, 3.05) is 13.1 Å². The fourth-order valence-electron chi connectivity index (χ4n) is 3.26. The van der Waals surface area contributed by atoms with Crippen LogP contribution in [0.15, 0.2) is 24.3 Å². The normalized spacial score (nSPS) is 17.3. The number of nitrogens with zero attached hydrogens (tertiary/aromatic N) is 2. The van der Waals surface area contributed by atoms with Crippen LogP contribution in [0.25, 0.3) is 0 Å². The van der Waals surface area contributed by atoms with Crippen molar-refractivity contribution in [2.24, 2.45) is 0 Å². The van der Waals surface area contributed by atoms with Crippen molar-refractivity contribution >= 4 is 0 Å². The van der Waals surface area contributed by atoms with Gasteiger partial charge in [0.05, 0.1) is 5.69 Å². The highest BCUT2D eigenvalue weighted by atomic mass is 19.4. The van der Waals surface area contributed by atoms with Gasteiger partial charge < -0.3 is 5.11 Å². The molecule has 2 heterocycles. The Morgan fingerprint density at radius 1 is 1.21 bits per heavy atom. The summed E-state index contributed by atoms with van der Waals surface area (Å²) < 4.78 is 38.4. The quantitative estimate of drug-likeness (QED) is 0.894. The topological polar surface area (TPSA) is 52.2 Å². The number of halogens is 3. The van der Waals surface area contributed by atoms with E-state index in [0.717, 1.165) is 25.9 Å². The zero-order valence-corrected chi connectivity index (χ0v) is 13.4. The van der Waals surface area contributed by atoms with Gasteiger partial charge in [-0.25, -0.2) is 0 Å². The third kappa shape index (κ3) is 3.56. The van der Waals surface area contributed by atoms with E-state index in [-0.39, 0.29) is 11.3 Å². The molecule has 0 radical (unpaired) electrons. The average Bonchev–Trinajstić information content (AvgIpc) is 2.90. The van der Waals surface area contributed by atoms with Crippen molar-refractivity contribution in [3.63, 3.8) is 0 Å². The minimum absolute atomic E-state index is 0.183. The fourth-order valence-corrected chi connectivity index (χ4v) is 3.26. The second-order valence-corrected chi connectivity index (χ2v) is 6.32. The van der Waals surface area contributed by atoms with E-state index in [1.54, 1.807) is 12.1 Å². The van der Waals surface area contributed by atoms with Crippen LogP contribution in [0.2, 0.25) is 0 Å². The van der Waals surface area contributed by atoms with Gasteiger partial charge in [0.25, 0.3) is 0 Å². The number of hydrogen-bond donors (Lipinski definition) is 2. The van der Waals surface area contributed by atoms with Gasteiger partial charge >= 0.3 is 6.18 Å². The number of H-pyrrole nitrogens is 1. The zero-order chi connectivity index (χ0) is 17.3. The van der Waals surface area contributed by atoms with E-state index in [0.29, 0.717) is 18.2 Å². The lowest BCUT2D eigenvalue weighted by Gasteiger charge is -2.32. The maximum absolute atomic E-state index is 12.8. The number of hydrogen-bond acceptors (Lipinski definition) is 3. The molecule has 7 heteroatoms. The van der Waals surface area contributed by atoms with Gasteiger partial charge in [0.1, 0.15) is 5.75 Å². The van der Waals surface area contributed by atoms with Crippen LogP contribution in [0.5, 0.6) is 5.75 Å². The first kappa shape index (κ1) is 16.8. The van der Waals surface area contributed by atoms with Gasteiger partial charge in [-0.05, 0) is 56.5 Å². The second kappa shape index (κ2) is 6.47. The van der Waals surface area contributed by atoms with Crippen LogP contribution in [0.4, 0.5) is 13.2 Å². The predicted molar refractivity (Wildman–Crippen MR) is 83.7 cm³/mol. The molecule has 0 aliphatic carbocycles. The number of alkyl halides is 3. The summed E-state index contributed by atoms with van der Waals surface area (Å²) in [6.45, 7) is 3.57. The van der Waals surface area contributed by atoms with Crippen LogP contribution in [0, 0.1) is 6.92 Å². The standard InChI is InChI=1S/C17H20F3N3O/c1-11-15(21-22-16(11)17(18,19)20)10-23-8-6-13(7-9-23)12-2-4-14(24)5-3-12/h2-5,13,24H,6-10H2,1H3,(H,21,22). The first-order chi connectivity index (χ1) is 11.3. The van der Waals surface area contributed by atoms with Crippen molar-refractivity contribution in [2.45, 2.75) is 38.4 Å². The van der Waals surface area contributed by atoms with E-state index in [1.807, 2.05) is 12.1 Å². The molecule has 2 aromatic rings. The van der Waals surface area contributed by atoms with Gasteiger partial charge in [0, 0.05) is 12.1 Å². The lowest BCUT2D eigenvalue weighted by atomic mass is 9.89. The Morgan fingerprint density at radius 2 is 1.83 bits per heavy atom. The minimum atomic E-state index is -4.41. The molecule has 0 saturated carbocycles. The Morgan fingerprint density at radius 3 is 2.38 bits per heavy atom. The lowest BCUT2D eigenvalue weighted by Crippen LogP contribution is -2.32. The molecular formula is C17H20F3N3O. The Kier molecular flexibility index (Phi) is 4.54. The molecule has 24 heavy (non-hydrogen) atoms. The summed E-state index contributed by atoms with van der Waals surface area (Å²) in [4.78, 5) is 2.15. The highest BCUT2D eigenvalue weighted by molar-refractivity contribution is 5.29. The third-order valence-electron chi connectivity index (χ3n) is 4.71. The predicted octanol–water partition coefficient (Wildman–Crippen LogP) is 3.82. The number of piperidine rings is 1. The summed E-state index contributed by atoms with van der Waals surface area (Å²) in [5.74, 6) is 0.682. The second-order valence-electron chi connectivity index (χ2n) is 6.32. The number of aromatic nitrogens is 2. The molecule has 0 atom stereocenters. The number of rotatable bonds is 3. The van der Waals surface area contributed by atoms with Crippen LogP contribution in [-0.2, 0) is 12.7 Å². The molecule has 1 fully saturated rings. The van der Waals surface area contributed by atoms with E-state index in [9.17, 15) is 18.3 Å². The number of nitrogens with one attached hydrogen (secondary N) is 1. The monoisotopic (exact) mass is 339 g/mol. The zero-order valence-electron chi connectivity index (χ0n) is 13.4. The van der Waals surface area contributed by atoms with E-state index >= 15 is 0 Å². The van der Waals surface area contributed by atoms with Crippen LogP contribution < -0.4 is 0 Å². The van der Waals surface area contributed by atoms with Crippen molar-refractivity contribution in [1.82, 2.24) is 15.1 Å². The Bertz CT molecular complexity index is 686. The van der Waals surface area contributed by atoms with E-state index < -0.39 is 11.9 Å². The summed E-state index contributed by atoms with van der Waals surface area (Å²) in [7, 11) is 0. The number of phenolic OH excluding ortho intramolecular Hbond substituents is 1. The average molecular weight is 339 g/mol. The van der Waals surface area contributed by atoms with Crippen molar-refractivity contribution in [3.8, 4) is 5.75 Å². The highest BCUT2D eigenvalue weighted by Crippen LogP contribution is 2.33. The minimum Gasteiger partial charge on any atom is -0.508 e. The van der Waals surface area contributed by atoms with Crippen molar-refractivity contribution in [3.05, 3.63) is 46.8 Å². The number of aromatic amines is 1. The molecule has 1 aliphatic heterocycles. The summed E-state index contributed by atoms with van der Waals surface area (Å²) in [6.07, 6.45) is -2.52. The van der Waals surface area contributed by atoms with Gasteiger partial charge in [0.15, 0.2) is 5.69 Å². The molecule has 0 bridgehead atoms. The molecule has 0 spiro atoms. The van der Waals surface area contributed by atoms with Gasteiger partial charge in [-0.1, -0.05) is 12.1 Å². The molecule has 3 rings (SSSR count). The molecular weight excluding hydrogens is 319 g/mol. The van der Waals surface area contributed by atoms with Crippen LogP contribution >= 0.6 is 0 Å². The smallest absolute Gasteiger partial charge is 0.435 e. The van der Waals surface area contributed by atoms with Crippen LogP contribution in [0.3, 0.4) is 0 Å². The van der Waals surface area contributed by atoms with E-state index in [2.05, 4.69) is 15.1 Å². The molecule has 1 aliphatic rings. The molecule has 1 aromatic heterocycles. The number of aromatic hydroxyl groups is 1. The Hall–Kier alpha value is -2.02. The highest BCUT2D eigenvalue weighted by Gasteiger charge is 2.36. The van der Waals surface area contributed by atoms with Gasteiger partial charge in [0.2, 0.25) is 0 Å². The summed E-state index contributed by atoms with van der Waals surface area (Å²) >= 11 is 0. The Labute approximate surface area is 138 Å². The summed E-state index contributed by atoms with van der Waals surface area (Å²) in [5.41, 5.74) is 1.09. The number of likely N-dealkylation sites (tertiary alicyclic amines) is 1. The molecule has 2 N–H and O–H groups in total. The molecule has 0 amide bonds. The number of benzene rings is 1. The van der Waals surface area contributed by atoms with E-state index in [4.69, 9.17) is 0 Å². The molecule has 1 saturated heterocycles. The van der Waals surface area contributed by atoms with Gasteiger partial charge in [-0.2, -0.15) is 18.3 Å². The first-order valence-corrected chi connectivity index (χ1v) is 7.97. The fraction of sp³-hybridized carbons (Fsp3) is 0.471. The Balaban J connectivity index is 1.60. The third-order valence-corrected chi connectivity index (χ3v) is 4.71. The molecule has 130 valence electrons. The van der Waals surface area contributed by atoms with Crippen molar-refractivity contribution in [1.29, 1.82) is 0 Å². The van der Waals surface area contributed by atoms with Crippen LogP contribution in [-0.4, -0.2) is 33.3 Å². The molecule has 0 unspecified atom stereocenters. The maximum Gasteiger partial charge on any atom is 0.435 e. The maximum atomic E-state index is 12.8. The van der Waals surface area contributed by atoms with Crippen molar-refractivity contribution < 1.29 is 18.3 Å². The largest absolute Gasteiger partial charge is 0.508 e. The van der Waals surface area contributed by atoms with Crippen LogP contribution in [0.1, 0.15) is 41.3 Å². The first-order valence-electron chi connectivity index (χ1n) is 7.97. The van der Waals surface area contributed by atoms with Gasteiger partial charge in [-0.3, -0.25) is 10.00 Å². The summed E-state index contributed by atoms with van der Waals surface area (Å²) in [5, 5.41) is 15.3. The number of phenols is 1. The lowest BCUT2D eigenvalue weighted by molar-refractivity contribution is -0.141. The molecule has 1 aromatic carbocycles. The summed E-state index contributed by atoms with van der Waals surface area (Å²) in [6, 6.07) is 7.25. The van der Waals surface area contributed by atoms with Gasteiger partial charge in [-0.15, -0.1) is 0 Å². The van der Waals surface area contributed by atoms with E-state index in [1.165, 1.54) is 12.5 Å².